The molecule has 0 bridgehead atoms. The SMILES string of the molecule is O=C(NCc1ccc(F)cc1)C(c1cccs1)N(C(=O)c1ccco1)c1cccc2ccccc12. The number of furan rings is 1. The summed E-state index contributed by atoms with van der Waals surface area (Å²) in [6.07, 6.45) is 1.43. The molecule has 1 N–H and O–H groups in total. The monoisotopic (exact) mass is 484 g/mol. The van der Waals surface area contributed by atoms with E-state index in [1.54, 1.807) is 24.3 Å². The summed E-state index contributed by atoms with van der Waals surface area (Å²) in [6, 6.07) is 25.3. The fourth-order valence-electron chi connectivity index (χ4n) is 4.01. The first-order valence-corrected chi connectivity index (χ1v) is 11.9. The van der Waals surface area contributed by atoms with Gasteiger partial charge in [-0.1, -0.05) is 54.6 Å². The number of amides is 2. The highest BCUT2D eigenvalue weighted by atomic mass is 32.1. The Morgan fingerprint density at radius 3 is 2.46 bits per heavy atom. The van der Waals surface area contributed by atoms with Gasteiger partial charge >= 0.3 is 0 Å². The lowest BCUT2D eigenvalue weighted by molar-refractivity contribution is -0.122. The number of rotatable bonds is 7. The number of fused-ring (bicyclic) bond motifs is 1. The lowest BCUT2D eigenvalue weighted by Gasteiger charge is -2.31. The first-order chi connectivity index (χ1) is 17.1. The van der Waals surface area contributed by atoms with Crippen molar-refractivity contribution in [2.75, 3.05) is 4.90 Å². The predicted octanol–water partition coefficient (Wildman–Crippen LogP) is 6.34. The molecule has 3 aromatic carbocycles. The zero-order valence-electron chi connectivity index (χ0n) is 18.6. The summed E-state index contributed by atoms with van der Waals surface area (Å²) in [4.78, 5) is 29.7. The second-order valence-electron chi connectivity index (χ2n) is 7.91. The molecule has 2 heterocycles. The Balaban J connectivity index is 1.59. The van der Waals surface area contributed by atoms with Crippen LogP contribution < -0.4 is 10.2 Å². The molecule has 0 radical (unpaired) electrons. The Labute approximate surface area is 205 Å². The van der Waals surface area contributed by atoms with E-state index >= 15 is 0 Å². The topological polar surface area (TPSA) is 62.6 Å². The number of carbonyl (C=O) groups excluding carboxylic acids is 2. The van der Waals surface area contributed by atoms with Crippen LogP contribution in [0.25, 0.3) is 10.8 Å². The average molecular weight is 485 g/mol. The van der Waals surface area contributed by atoms with E-state index in [4.69, 9.17) is 4.42 Å². The highest BCUT2D eigenvalue weighted by Crippen LogP contribution is 2.36. The summed E-state index contributed by atoms with van der Waals surface area (Å²) in [5, 5.41) is 6.57. The van der Waals surface area contributed by atoms with Crippen molar-refractivity contribution in [2.24, 2.45) is 0 Å². The molecular weight excluding hydrogens is 463 g/mol. The molecule has 0 saturated carbocycles. The van der Waals surface area contributed by atoms with Crippen LogP contribution in [0.1, 0.15) is 27.0 Å². The van der Waals surface area contributed by atoms with Crippen molar-refractivity contribution < 1.29 is 18.4 Å². The third-order valence-electron chi connectivity index (χ3n) is 5.68. The number of hydrogen-bond acceptors (Lipinski definition) is 4. The Hall–Kier alpha value is -4.23. The molecule has 0 fully saturated rings. The molecule has 35 heavy (non-hydrogen) atoms. The number of nitrogens with zero attached hydrogens (tertiary/aromatic N) is 1. The van der Waals surface area contributed by atoms with Crippen LogP contribution in [0.2, 0.25) is 0 Å². The Kier molecular flexibility index (Phi) is 6.41. The average Bonchev–Trinajstić information content (AvgIpc) is 3.61. The molecule has 2 aromatic heterocycles. The van der Waals surface area contributed by atoms with E-state index < -0.39 is 11.9 Å². The molecule has 0 spiro atoms. The summed E-state index contributed by atoms with van der Waals surface area (Å²) in [7, 11) is 0. The maximum absolute atomic E-state index is 13.8. The van der Waals surface area contributed by atoms with Crippen molar-refractivity contribution >= 4 is 39.6 Å². The summed E-state index contributed by atoms with van der Waals surface area (Å²) < 4.78 is 18.7. The number of halogens is 1. The maximum atomic E-state index is 13.8. The first-order valence-electron chi connectivity index (χ1n) is 11.0. The predicted molar refractivity (Wildman–Crippen MR) is 135 cm³/mol. The summed E-state index contributed by atoms with van der Waals surface area (Å²) in [6.45, 7) is 0.194. The lowest BCUT2D eigenvalue weighted by atomic mass is 10.0. The van der Waals surface area contributed by atoms with Gasteiger partial charge in [0.1, 0.15) is 5.82 Å². The smallest absolute Gasteiger partial charge is 0.295 e. The normalized spacial score (nSPS) is 11.8. The van der Waals surface area contributed by atoms with Gasteiger partial charge in [-0.2, -0.15) is 0 Å². The molecule has 174 valence electrons. The van der Waals surface area contributed by atoms with Crippen LogP contribution in [0.5, 0.6) is 0 Å². The molecule has 7 heteroatoms. The second-order valence-corrected chi connectivity index (χ2v) is 8.89. The highest BCUT2D eigenvalue weighted by Gasteiger charge is 2.35. The van der Waals surface area contributed by atoms with Crippen LogP contribution >= 0.6 is 11.3 Å². The Morgan fingerprint density at radius 2 is 1.71 bits per heavy atom. The molecule has 5 rings (SSSR count). The van der Waals surface area contributed by atoms with Crippen LogP contribution in [0.3, 0.4) is 0 Å². The van der Waals surface area contributed by atoms with Crippen molar-refractivity contribution in [3.63, 3.8) is 0 Å². The first kappa shape index (κ1) is 22.6. The van der Waals surface area contributed by atoms with Crippen molar-refractivity contribution in [2.45, 2.75) is 12.6 Å². The van der Waals surface area contributed by atoms with Crippen molar-refractivity contribution in [3.8, 4) is 0 Å². The van der Waals surface area contributed by atoms with Gasteiger partial charge in [0.2, 0.25) is 5.91 Å². The number of nitrogens with one attached hydrogen (secondary N) is 1. The third-order valence-corrected chi connectivity index (χ3v) is 6.60. The molecule has 2 amide bonds. The largest absolute Gasteiger partial charge is 0.459 e. The van der Waals surface area contributed by atoms with Crippen LogP contribution in [0.15, 0.2) is 107 Å². The van der Waals surface area contributed by atoms with E-state index in [9.17, 15) is 14.0 Å². The van der Waals surface area contributed by atoms with Gasteiger partial charge in [0.15, 0.2) is 11.8 Å². The molecule has 0 aliphatic carbocycles. The molecule has 5 nitrogen and oxygen atoms in total. The van der Waals surface area contributed by atoms with Crippen molar-refractivity contribution in [1.29, 1.82) is 0 Å². The van der Waals surface area contributed by atoms with Crippen LogP contribution in [0.4, 0.5) is 10.1 Å². The molecule has 0 saturated heterocycles. The van der Waals surface area contributed by atoms with Crippen molar-refractivity contribution in [1.82, 2.24) is 5.32 Å². The lowest BCUT2D eigenvalue weighted by Crippen LogP contribution is -2.43. The number of benzene rings is 3. The van der Waals surface area contributed by atoms with Crippen LogP contribution in [0, 0.1) is 5.82 Å². The number of anilines is 1. The molecule has 1 unspecified atom stereocenters. The van der Waals surface area contributed by atoms with Gasteiger partial charge in [-0.25, -0.2) is 4.39 Å². The van der Waals surface area contributed by atoms with Gasteiger partial charge in [-0.15, -0.1) is 11.3 Å². The third kappa shape index (κ3) is 4.72. The second kappa shape index (κ2) is 9.95. The van der Waals surface area contributed by atoms with E-state index in [2.05, 4.69) is 5.32 Å². The minimum atomic E-state index is -0.946. The summed E-state index contributed by atoms with van der Waals surface area (Å²) >= 11 is 1.39. The van der Waals surface area contributed by atoms with Crippen LogP contribution in [-0.2, 0) is 11.3 Å². The van der Waals surface area contributed by atoms with E-state index in [0.717, 1.165) is 16.3 Å². The molecule has 0 aliphatic rings. The Morgan fingerprint density at radius 1 is 0.914 bits per heavy atom. The molecule has 5 aromatic rings. The fraction of sp³-hybridized carbons (Fsp3) is 0.0714. The van der Waals surface area contributed by atoms with Gasteiger partial charge in [-0.3, -0.25) is 14.5 Å². The maximum Gasteiger partial charge on any atom is 0.295 e. The van der Waals surface area contributed by atoms with Gasteiger partial charge in [0, 0.05) is 16.8 Å². The standard InChI is InChI=1S/C28H21FN2O3S/c29-21-14-12-19(13-15-21)18-30-27(32)26(25-11-5-17-35-25)31(28(33)24-10-4-16-34-24)23-9-3-7-20-6-1-2-8-22(20)23/h1-17,26H,18H2,(H,30,32). The van der Waals surface area contributed by atoms with Crippen molar-refractivity contribution in [3.05, 3.63) is 125 Å². The number of carbonyl (C=O) groups is 2. The minimum absolute atomic E-state index is 0.130. The summed E-state index contributed by atoms with van der Waals surface area (Å²) in [5.41, 5.74) is 1.35. The molecule has 0 aliphatic heterocycles. The van der Waals surface area contributed by atoms with E-state index in [1.165, 1.54) is 34.6 Å². The van der Waals surface area contributed by atoms with E-state index in [1.807, 2.05) is 60.0 Å². The zero-order valence-corrected chi connectivity index (χ0v) is 19.4. The van der Waals surface area contributed by atoms with Crippen LogP contribution in [-0.4, -0.2) is 11.8 Å². The van der Waals surface area contributed by atoms with Gasteiger partial charge < -0.3 is 9.73 Å². The highest BCUT2D eigenvalue weighted by molar-refractivity contribution is 7.10. The summed E-state index contributed by atoms with van der Waals surface area (Å²) in [5.74, 6) is -1.00. The zero-order chi connectivity index (χ0) is 24.2. The quantitative estimate of drug-likeness (QED) is 0.293. The Bertz CT molecular complexity index is 1440. The van der Waals surface area contributed by atoms with E-state index in [-0.39, 0.29) is 24.0 Å². The number of hydrogen-bond donors (Lipinski definition) is 1. The number of thiophene rings is 1. The van der Waals surface area contributed by atoms with Gasteiger partial charge in [-0.05, 0) is 52.7 Å². The van der Waals surface area contributed by atoms with Gasteiger partial charge in [0.05, 0.1) is 12.0 Å². The molecular formula is C28H21FN2O3S. The van der Waals surface area contributed by atoms with Gasteiger partial charge in [0.25, 0.3) is 5.91 Å². The fourth-order valence-corrected chi connectivity index (χ4v) is 4.82. The minimum Gasteiger partial charge on any atom is -0.459 e. The van der Waals surface area contributed by atoms with E-state index in [0.29, 0.717) is 10.6 Å². The molecule has 1 atom stereocenters.